The molecule has 1 aliphatic rings. The highest BCUT2D eigenvalue weighted by Gasteiger charge is 2.22. The van der Waals surface area contributed by atoms with Gasteiger partial charge in [-0.15, -0.1) is 16.7 Å². The summed E-state index contributed by atoms with van der Waals surface area (Å²) < 4.78 is 5.31. The molecule has 2 rings (SSSR count). The number of nitrogens with zero attached hydrogens (tertiary/aromatic N) is 4. The zero-order valence-electron chi connectivity index (χ0n) is 9.02. The molecule has 0 bridgehead atoms. The lowest BCUT2D eigenvalue weighted by molar-refractivity contribution is -0.127. The van der Waals surface area contributed by atoms with Crippen molar-refractivity contribution in [2.24, 2.45) is 0 Å². The first kappa shape index (κ1) is 11.2. The molecule has 1 saturated heterocycles. The molecule has 1 aromatic rings. The highest BCUT2D eigenvalue weighted by molar-refractivity contribution is 6.16. The number of carbonyl (C=O) groups is 1. The third-order valence-electron chi connectivity index (χ3n) is 2.51. The van der Waals surface area contributed by atoms with Gasteiger partial charge in [-0.1, -0.05) is 5.10 Å². The van der Waals surface area contributed by atoms with Crippen molar-refractivity contribution in [3.05, 3.63) is 5.89 Å². The largest absolute Gasteiger partial charge is 0.407 e. The van der Waals surface area contributed by atoms with Gasteiger partial charge in [-0.2, -0.15) is 0 Å². The zero-order chi connectivity index (χ0) is 11.5. The third kappa shape index (κ3) is 2.27. The maximum Gasteiger partial charge on any atom is 0.318 e. The van der Waals surface area contributed by atoms with Gasteiger partial charge in [-0.05, 0) is 6.42 Å². The fourth-order valence-corrected chi connectivity index (χ4v) is 1.68. The van der Waals surface area contributed by atoms with Gasteiger partial charge < -0.3 is 14.2 Å². The van der Waals surface area contributed by atoms with E-state index < -0.39 is 0 Å². The molecular formula is C9H13ClN4O2. The lowest BCUT2D eigenvalue weighted by Gasteiger charge is -2.16. The Hall–Kier alpha value is -1.30. The quantitative estimate of drug-likeness (QED) is 0.708. The Bertz CT molecular complexity index is 381. The highest BCUT2D eigenvalue weighted by atomic mass is 35.5. The van der Waals surface area contributed by atoms with Crippen LogP contribution in [0.1, 0.15) is 12.3 Å². The highest BCUT2D eigenvalue weighted by Crippen LogP contribution is 2.15. The van der Waals surface area contributed by atoms with E-state index in [1.54, 1.807) is 16.8 Å². The summed E-state index contributed by atoms with van der Waals surface area (Å²) in [6.45, 7) is 1.77. The average Bonchev–Trinajstić information content (AvgIpc) is 2.69. The van der Waals surface area contributed by atoms with Crippen LogP contribution in [0.25, 0.3) is 0 Å². The molecule has 7 heteroatoms. The summed E-state index contributed by atoms with van der Waals surface area (Å²) in [5, 5.41) is 7.64. The van der Waals surface area contributed by atoms with Crippen molar-refractivity contribution in [1.82, 2.24) is 15.1 Å². The Kier molecular flexibility index (Phi) is 3.28. The number of anilines is 1. The van der Waals surface area contributed by atoms with Crippen LogP contribution in [0.2, 0.25) is 0 Å². The fourth-order valence-electron chi connectivity index (χ4n) is 1.58. The predicted octanol–water partition coefficient (Wildman–Crippen LogP) is 0.477. The molecular weight excluding hydrogens is 232 g/mol. The Balaban J connectivity index is 2.11. The summed E-state index contributed by atoms with van der Waals surface area (Å²) in [4.78, 5) is 15.1. The van der Waals surface area contributed by atoms with Crippen molar-refractivity contribution in [3.63, 3.8) is 0 Å². The molecule has 0 unspecified atom stereocenters. The van der Waals surface area contributed by atoms with Crippen molar-refractivity contribution in [2.75, 3.05) is 31.6 Å². The van der Waals surface area contributed by atoms with Gasteiger partial charge in [0.1, 0.15) is 12.4 Å². The summed E-state index contributed by atoms with van der Waals surface area (Å²) in [7, 11) is 1.80. The van der Waals surface area contributed by atoms with Gasteiger partial charge >= 0.3 is 6.01 Å². The lowest BCUT2D eigenvalue weighted by atomic mass is 10.4. The number of rotatable bonds is 2. The lowest BCUT2D eigenvalue weighted by Crippen LogP contribution is -2.34. The first-order valence-corrected chi connectivity index (χ1v) is 5.61. The topological polar surface area (TPSA) is 62.5 Å². The SMILES string of the molecule is CN1CCCN(c2nnc(CCl)o2)CC1=O. The third-order valence-corrected chi connectivity index (χ3v) is 2.74. The fraction of sp³-hybridized carbons (Fsp3) is 0.667. The molecule has 0 aliphatic carbocycles. The number of amides is 1. The Morgan fingerprint density at radius 3 is 2.94 bits per heavy atom. The number of hydrogen-bond donors (Lipinski definition) is 0. The summed E-state index contributed by atoms with van der Waals surface area (Å²) in [6.07, 6.45) is 0.890. The second-order valence-corrected chi connectivity index (χ2v) is 3.97. The van der Waals surface area contributed by atoms with E-state index in [1.165, 1.54) is 0 Å². The molecule has 1 aliphatic heterocycles. The van der Waals surface area contributed by atoms with Gasteiger partial charge in [0.2, 0.25) is 11.8 Å². The van der Waals surface area contributed by atoms with Crippen LogP contribution in [-0.2, 0) is 10.7 Å². The minimum atomic E-state index is 0.0584. The standard InChI is InChI=1S/C9H13ClN4O2/c1-13-3-2-4-14(6-8(13)15)9-12-11-7(5-10)16-9/h2-6H2,1H3. The molecule has 6 nitrogen and oxygen atoms in total. The molecule has 0 aromatic carbocycles. The summed E-state index contributed by atoms with van der Waals surface area (Å²) in [5.41, 5.74) is 0. The second kappa shape index (κ2) is 4.69. The van der Waals surface area contributed by atoms with Gasteiger partial charge in [0, 0.05) is 20.1 Å². The number of likely N-dealkylation sites (N-methyl/N-ethyl adjacent to an activating group) is 1. The van der Waals surface area contributed by atoms with Crippen molar-refractivity contribution in [3.8, 4) is 0 Å². The number of alkyl halides is 1. The van der Waals surface area contributed by atoms with E-state index in [1.807, 2.05) is 0 Å². The van der Waals surface area contributed by atoms with E-state index in [2.05, 4.69) is 10.2 Å². The minimum absolute atomic E-state index is 0.0584. The van der Waals surface area contributed by atoms with E-state index in [-0.39, 0.29) is 18.3 Å². The molecule has 1 aromatic heterocycles. The molecule has 2 heterocycles. The van der Waals surface area contributed by atoms with Crippen LogP contribution >= 0.6 is 11.6 Å². The molecule has 0 N–H and O–H groups in total. The van der Waals surface area contributed by atoms with Gasteiger partial charge in [0.25, 0.3) is 0 Å². The van der Waals surface area contributed by atoms with E-state index in [4.69, 9.17) is 16.0 Å². The molecule has 16 heavy (non-hydrogen) atoms. The molecule has 0 atom stereocenters. The monoisotopic (exact) mass is 244 g/mol. The van der Waals surface area contributed by atoms with Crippen LogP contribution in [0.15, 0.2) is 4.42 Å². The van der Waals surface area contributed by atoms with Crippen LogP contribution < -0.4 is 4.90 Å². The van der Waals surface area contributed by atoms with Crippen LogP contribution in [-0.4, -0.2) is 47.7 Å². The molecule has 0 spiro atoms. The van der Waals surface area contributed by atoms with Gasteiger partial charge in [-0.25, -0.2) is 0 Å². The van der Waals surface area contributed by atoms with Crippen molar-refractivity contribution in [2.45, 2.75) is 12.3 Å². The van der Waals surface area contributed by atoms with E-state index >= 15 is 0 Å². The number of carbonyl (C=O) groups excluding carboxylic acids is 1. The predicted molar refractivity (Wildman–Crippen MR) is 58.3 cm³/mol. The van der Waals surface area contributed by atoms with Gasteiger partial charge in [0.15, 0.2) is 0 Å². The maximum atomic E-state index is 11.6. The van der Waals surface area contributed by atoms with E-state index in [0.717, 1.165) is 19.5 Å². The average molecular weight is 245 g/mol. The normalized spacial score (nSPS) is 17.8. The number of hydrogen-bond acceptors (Lipinski definition) is 5. The molecule has 0 saturated carbocycles. The molecule has 1 fully saturated rings. The van der Waals surface area contributed by atoms with Gasteiger partial charge in [0.05, 0.1) is 0 Å². The second-order valence-electron chi connectivity index (χ2n) is 3.70. The minimum Gasteiger partial charge on any atom is -0.407 e. The smallest absolute Gasteiger partial charge is 0.318 e. The van der Waals surface area contributed by atoms with Crippen LogP contribution in [0, 0.1) is 0 Å². The molecule has 1 amide bonds. The van der Waals surface area contributed by atoms with E-state index in [0.29, 0.717) is 11.9 Å². The Morgan fingerprint density at radius 1 is 1.44 bits per heavy atom. The van der Waals surface area contributed by atoms with Crippen LogP contribution in [0.5, 0.6) is 0 Å². The van der Waals surface area contributed by atoms with Crippen molar-refractivity contribution in [1.29, 1.82) is 0 Å². The Morgan fingerprint density at radius 2 is 2.25 bits per heavy atom. The van der Waals surface area contributed by atoms with Crippen molar-refractivity contribution < 1.29 is 9.21 Å². The molecule has 0 radical (unpaired) electrons. The number of aromatic nitrogens is 2. The first-order valence-electron chi connectivity index (χ1n) is 5.08. The van der Waals surface area contributed by atoms with Gasteiger partial charge in [-0.3, -0.25) is 4.79 Å². The Labute approximate surface area is 98.2 Å². The van der Waals surface area contributed by atoms with Crippen LogP contribution in [0.3, 0.4) is 0 Å². The van der Waals surface area contributed by atoms with E-state index in [9.17, 15) is 4.79 Å². The van der Waals surface area contributed by atoms with Crippen LogP contribution in [0.4, 0.5) is 6.01 Å². The summed E-state index contributed by atoms with van der Waals surface area (Å²) >= 11 is 5.57. The zero-order valence-corrected chi connectivity index (χ0v) is 9.77. The summed E-state index contributed by atoms with van der Waals surface area (Å²) in [6, 6.07) is 0.374. The van der Waals surface area contributed by atoms with Crippen molar-refractivity contribution >= 4 is 23.5 Å². The number of halogens is 1. The summed E-state index contributed by atoms with van der Waals surface area (Å²) in [5.74, 6) is 0.624. The molecule has 88 valence electrons. The maximum absolute atomic E-state index is 11.6. The first-order chi connectivity index (χ1) is 7.70.